The summed E-state index contributed by atoms with van der Waals surface area (Å²) in [6.07, 6.45) is 5.10. The number of pyridine rings is 1. The minimum atomic E-state index is 0.0581. The van der Waals surface area contributed by atoms with Crippen LogP contribution in [0, 0.1) is 0 Å². The van der Waals surface area contributed by atoms with Gasteiger partial charge in [-0.2, -0.15) is 0 Å². The van der Waals surface area contributed by atoms with Gasteiger partial charge in [0.1, 0.15) is 6.10 Å². The number of ether oxygens (including phenoxy) is 1. The third kappa shape index (κ3) is 2.95. The van der Waals surface area contributed by atoms with Crippen LogP contribution in [0.3, 0.4) is 0 Å². The lowest BCUT2D eigenvalue weighted by molar-refractivity contribution is 0.0588. The Hall–Kier alpha value is -2.89. The van der Waals surface area contributed by atoms with Gasteiger partial charge in [-0.25, -0.2) is 9.97 Å². The van der Waals surface area contributed by atoms with Crippen LogP contribution in [0.4, 0.5) is 0 Å². The maximum absolute atomic E-state index is 12.7. The minimum absolute atomic E-state index is 0.0581. The molecule has 1 aromatic carbocycles. The number of benzene rings is 1. The number of amides is 1. The van der Waals surface area contributed by atoms with Crippen LogP contribution >= 0.6 is 0 Å². The first-order valence-corrected chi connectivity index (χ1v) is 8.10. The molecule has 0 saturated carbocycles. The average Bonchev–Trinajstić information content (AvgIpc) is 3.10. The minimum Gasteiger partial charge on any atom is -0.474 e. The monoisotopic (exact) mass is 322 g/mol. The summed E-state index contributed by atoms with van der Waals surface area (Å²) in [4.78, 5) is 26.0. The molecule has 1 fully saturated rings. The van der Waals surface area contributed by atoms with E-state index >= 15 is 0 Å². The number of nitrogens with one attached hydrogen (secondary N) is 1. The molecule has 3 heterocycles. The Kier molecular flexibility index (Phi) is 3.86. The van der Waals surface area contributed by atoms with E-state index in [2.05, 4.69) is 15.0 Å². The zero-order valence-electron chi connectivity index (χ0n) is 13.2. The number of hydrogen-bond donors (Lipinski definition) is 1. The van der Waals surface area contributed by atoms with Crippen molar-refractivity contribution in [3.05, 3.63) is 54.5 Å². The van der Waals surface area contributed by atoms with Gasteiger partial charge in [0.25, 0.3) is 5.91 Å². The molecule has 0 atom stereocenters. The Balaban J connectivity index is 1.39. The number of imidazole rings is 1. The zero-order chi connectivity index (χ0) is 16.4. The van der Waals surface area contributed by atoms with Gasteiger partial charge in [-0.15, -0.1) is 0 Å². The average molecular weight is 322 g/mol. The first kappa shape index (κ1) is 14.7. The fraction of sp³-hybridized carbons (Fsp3) is 0.278. The van der Waals surface area contributed by atoms with E-state index in [1.807, 2.05) is 41.3 Å². The Morgan fingerprint density at radius 2 is 2.04 bits per heavy atom. The number of piperidine rings is 1. The molecule has 0 bridgehead atoms. The molecule has 1 N–H and O–H groups in total. The molecular formula is C18H18N4O2. The van der Waals surface area contributed by atoms with Crippen molar-refractivity contribution in [2.24, 2.45) is 0 Å². The van der Waals surface area contributed by atoms with E-state index in [0.717, 1.165) is 23.9 Å². The highest BCUT2D eigenvalue weighted by Crippen LogP contribution is 2.20. The summed E-state index contributed by atoms with van der Waals surface area (Å²) < 4.78 is 5.87. The second kappa shape index (κ2) is 6.31. The normalized spacial score (nSPS) is 15.6. The highest BCUT2D eigenvalue weighted by atomic mass is 16.5. The van der Waals surface area contributed by atoms with Crippen molar-refractivity contribution < 1.29 is 9.53 Å². The van der Waals surface area contributed by atoms with Gasteiger partial charge < -0.3 is 14.6 Å². The number of carbonyl (C=O) groups is 1. The molecule has 6 heteroatoms. The lowest BCUT2D eigenvalue weighted by Crippen LogP contribution is -2.41. The van der Waals surface area contributed by atoms with Gasteiger partial charge in [0, 0.05) is 43.8 Å². The Morgan fingerprint density at radius 1 is 1.17 bits per heavy atom. The maximum atomic E-state index is 12.7. The quantitative estimate of drug-likeness (QED) is 0.805. The fourth-order valence-corrected chi connectivity index (χ4v) is 3.02. The van der Waals surface area contributed by atoms with Crippen molar-refractivity contribution in [2.75, 3.05) is 13.1 Å². The molecule has 0 radical (unpaired) electrons. The van der Waals surface area contributed by atoms with Crippen LogP contribution in [0.15, 0.2) is 48.9 Å². The van der Waals surface area contributed by atoms with E-state index in [9.17, 15) is 4.79 Å². The summed E-state index contributed by atoms with van der Waals surface area (Å²) >= 11 is 0. The van der Waals surface area contributed by atoms with Crippen LogP contribution in [0.2, 0.25) is 0 Å². The Bertz CT molecular complexity index is 838. The number of nitrogens with zero attached hydrogens (tertiary/aromatic N) is 3. The van der Waals surface area contributed by atoms with Crippen molar-refractivity contribution in [1.82, 2.24) is 19.9 Å². The lowest BCUT2D eigenvalue weighted by Gasteiger charge is -2.32. The molecule has 0 spiro atoms. The SMILES string of the molecule is O=C(c1ccc2nc[nH]c2c1)N1CCC(Oc2ccccn2)CC1. The van der Waals surface area contributed by atoms with Crippen LogP contribution in [0.5, 0.6) is 5.88 Å². The largest absolute Gasteiger partial charge is 0.474 e. The predicted molar refractivity (Wildman–Crippen MR) is 89.9 cm³/mol. The van der Waals surface area contributed by atoms with E-state index in [1.165, 1.54) is 0 Å². The summed E-state index contributed by atoms with van der Waals surface area (Å²) in [7, 11) is 0. The lowest BCUT2D eigenvalue weighted by atomic mass is 10.1. The number of likely N-dealkylation sites (tertiary alicyclic amines) is 1. The van der Waals surface area contributed by atoms with Gasteiger partial charge in [-0.05, 0) is 24.3 Å². The van der Waals surface area contributed by atoms with E-state index < -0.39 is 0 Å². The summed E-state index contributed by atoms with van der Waals surface area (Å²) in [6, 6.07) is 11.2. The van der Waals surface area contributed by atoms with Crippen molar-refractivity contribution in [3.8, 4) is 5.88 Å². The van der Waals surface area contributed by atoms with E-state index in [-0.39, 0.29) is 12.0 Å². The number of aromatic amines is 1. The van der Waals surface area contributed by atoms with Gasteiger partial charge in [0.05, 0.1) is 17.4 Å². The van der Waals surface area contributed by atoms with Crippen LogP contribution in [-0.4, -0.2) is 45.0 Å². The maximum Gasteiger partial charge on any atom is 0.253 e. The number of rotatable bonds is 3. The van der Waals surface area contributed by atoms with Crippen molar-refractivity contribution in [2.45, 2.75) is 18.9 Å². The van der Waals surface area contributed by atoms with Crippen molar-refractivity contribution >= 4 is 16.9 Å². The number of carbonyl (C=O) groups excluding carboxylic acids is 1. The Morgan fingerprint density at radius 3 is 2.83 bits per heavy atom. The second-order valence-corrected chi connectivity index (χ2v) is 5.91. The molecule has 1 aliphatic rings. The first-order chi connectivity index (χ1) is 11.8. The smallest absolute Gasteiger partial charge is 0.253 e. The summed E-state index contributed by atoms with van der Waals surface area (Å²) in [6.45, 7) is 1.38. The molecule has 1 aliphatic heterocycles. The molecule has 3 aromatic rings. The number of hydrogen-bond acceptors (Lipinski definition) is 4. The fourth-order valence-electron chi connectivity index (χ4n) is 3.02. The van der Waals surface area contributed by atoms with Crippen molar-refractivity contribution in [3.63, 3.8) is 0 Å². The molecule has 2 aromatic heterocycles. The molecule has 0 unspecified atom stereocenters. The molecular weight excluding hydrogens is 304 g/mol. The molecule has 122 valence electrons. The third-order valence-corrected chi connectivity index (χ3v) is 4.32. The molecule has 0 aliphatic carbocycles. The molecule has 4 rings (SSSR count). The van der Waals surface area contributed by atoms with Gasteiger partial charge >= 0.3 is 0 Å². The van der Waals surface area contributed by atoms with E-state index in [1.54, 1.807) is 12.5 Å². The van der Waals surface area contributed by atoms with E-state index in [0.29, 0.717) is 24.5 Å². The van der Waals surface area contributed by atoms with Crippen LogP contribution in [0.25, 0.3) is 11.0 Å². The van der Waals surface area contributed by atoms with Crippen LogP contribution in [0.1, 0.15) is 23.2 Å². The van der Waals surface area contributed by atoms with Crippen molar-refractivity contribution in [1.29, 1.82) is 0 Å². The topological polar surface area (TPSA) is 71.1 Å². The van der Waals surface area contributed by atoms with E-state index in [4.69, 9.17) is 4.74 Å². The summed E-state index contributed by atoms with van der Waals surface area (Å²) in [5.41, 5.74) is 2.44. The van der Waals surface area contributed by atoms with Gasteiger partial charge in [0.2, 0.25) is 5.88 Å². The standard InChI is InChI=1S/C18H18N4O2/c23-18(13-4-5-15-16(11-13)21-12-20-15)22-9-6-14(7-10-22)24-17-3-1-2-8-19-17/h1-5,8,11-12,14H,6-7,9-10H2,(H,20,21). The van der Waals surface area contributed by atoms with Gasteiger partial charge in [-0.3, -0.25) is 4.79 Å². The highest BCUT2D eigenvalue weighted by molar-refractivity contribution is 5.97. The predicted octanol–water partition coefficient (Wildman–Crippen LogP) is 2.64. The third-order valence-electron chi connectivity index (χ3n) is 4.32. The highest BCUT2D eigenvalue weighted by Gasteiger charge is 2.25. The summed E-state index contributed by atoms with van der Waals surface area (Å²) in [5.74, 6) is 0.703. The molecule has 24 heavy (non-hydrogen) atoms. The Labute approximate surface area is 139 Å². The second-order valence-electron chi connectivity index (χ2n) is 5.91. The summed E-state index contributed by atoms with van der Waals surface area (Å²) in [5, 5.41) is 0. The van der Waals surface area contributed by atoms with Gasteiger partial charge in [-0.1, -0.05) is 6.07 Å². The zero-order valence-corrected chi connectivity index (χ0v) is 13.2. The molecule has 1 saturated heterocycles. The first-order valence-electron chi connectivity index (χ1n) is 8.10. The van der Waals surface area contributed by atoms with Gasteiger partial charge in [0.15, 0.2) is 0 Å². The van der Waals surface area contributed by atoms with Crippen LogP contribution < -0.4 is 4.74 Å². The van der Waals surface area contributed by atoms with Crippen LogP contribution in [-0.2, 0) is 0 Å². The number of aromatic nitrogens is 3. The number of H-pyrrole nitrogens is 1. The molecule has 6 nitrogen and oxygen atoms in total. The number of fused-ring (bicyclic) bond motifs is 1. The molecule has 1 amide bonds.